The van der Waals surface area contributed by atoms with Crippen molar-refractivity contribution in [2.45, 2.75) is 264 Å². The third-order valence-electron chi connectivity index (χ3n) is 19.1. The van der Waals surface area contributed by atoms with Crippen molar-refractivity contribution in [1.82, 2.24) is 0 Å². The standard InChI is InChI=1S/C20H24.6C6H11.2Sn/c1-3-5-7-17-9-13-19(14-10-17)20-15-11-18(12-16-20)8-6-4-2;6*1-2-4-6-5-3-1;;/h9-16H,1-8H2;6*1H,2-6H2;;. The monoisotopic (exact) mass is 1000 g/mol. The topological polar surface area (TPSA) is 0 Å². The molecule has 6 aliphatic carbocycles. The van der Waals surface area contributed by atoms with Crippen LogP contribution in [-0.2, 0) is 12.8 Å². The van der Waals surface area contributed by atoms with Crippen LogP contribution in [0.3, 0.4) is 0 Å². The number of rotatable bonds is 17. The molecule has 0 bridgehead atoms. The fourth-order valence-electron chi connectivity index (χ4n) is 16.3. The maximum absolute atomic E-state index is 2.49. The molecule has 0 nitrogen and oxygen atoms in total. The van der Waals surface area contributed by atoms with Crippen LogP contribution in [0.5, 0.6) is 0 Å². The van der Waals surface area contributed by atoms with Gasteiger partial charge in [0.25, 0.3) is 0 Å². The molecule has 58 heavy (non-hydrogen) atoms. The van der Waals surface area contributed by atoms with Gasteiger partial charge >= 0.3 is 371 Å². The SMILES string of the molecule is c1cc(-c2ccc(CCC[CH2][Sn]([CH]3CCCCC3)([CH]3CCCCC3)[CH]3CCCCC3)cc2)ccc1CCC[CH2][Sn]([CH]1CCCCC1)([CH]1CCCCC1)[CH]1CCCCC1. The summed E-state index contributed by atoms with van der Waals surface area (Å²) in [7, 11) is 0. The molecule has 2 aromatic carbocycles. The van der Waals surface area contributed by atoms with E-state index in [4.69, 9.17) is 0 Å². The Balaban J connectivity index is 0.846. The molecule has 0 spiro atoms. The maximum atomic E-state index is 2.49. The summed E-state index contributed by atoms with van der Waals surface area (Å²) in [4.78, 5) is 0. The normalized spacial score (nSPS) is 23.7. The Hall–Kier alpha value is 0.0374. The van der Waals surface area contributed by atoms with E-state index in [9.17, 15) is 0 Å². The predicted molar refractivity (Wildman–Crippen MR) is 260 cm³/mol. The molecule has 322 valence electrons. The van der Waals surface area contributed by atoms with Gasteiger partial charge in [0.05, 0.1) is 0 Å². The van der Waals surface area contributed by atoms with Gasteiger partial charge in [0.1, 0.15) is 0 Å². The summed E-state index contributed by atoms with van der Waals surface area (Å²) < 4.78 is 11.0. The molecule has 0 radical (unpaired) electrons. The second-order valence-corrected chi connectivity index (χ2v) is 51.6. The van der Waals surface area contributed by atoms with Gasteiger partial charge in [0.2, 0.25) is 0 Å². The number of hydrogen-bond donors (Lipinski definition) is 0. The molecule has 2 aromatic rings. The van der Waals surface area contributed by atoms with Gasteiger partial charge in [-0.25, -0.2) is 0 Å². The molecule has 0 atom stereocenters. The van der Waals surface area contributed by atoms with Crippen molar-refractivity contribution in [2.24, 2.45) is 0 Å². The zero-order chi connectivity index (χ0) is 39.3. The van der Waals surface area contributed by atoms with Gasteiger partial charge in [-0.05, 0) is 0 Å². The molecular formula is C56H90Sn2. The molecular weight excluding hydrogens is 910 g/mol. The van der Waals surface area contributed by atoms with Crippen LogP contribution in [0.25, 0.3) is 11.1 Å². The summed E-state index contributed by atoms with van der Waals surface area (Å²) in [6.45, 7) is 0. The minimum absolute atomic E-state index is 1.24. The van der Waals surface area contributed by atoms with Crippen molar-refractivity contribution in [1.29, 1.82) is 0 Å². The quantitative estimate of drug-likeness (QED) is 0.109. The van der Waals surface area contributed by atoms with Gasteiger partial charge < -0.3 is 0 Å². The first-order chi connectivity index (χ1) is 28.8. The first kappa shape index (κ1) is 44.6. The second kappa shape index (κ2) is 23.1. The molecule has 0 unspecified atom stereocenters. The summed E-state index contributed by atoms with van der Waals surface area (Å²) in [6, 6.07) is 19.8. The van der Waals surface area contributed by atoms with E-state index in [1.165, 1.54) is 98.9 Å². The Morgan fingerprint density at radius 3 is 0.724 bits per heavy atom. The Kier molecular flexibility index (Phi) is 17.8. The first-order valence-corrected chi connectivity index (χ1v) is 40.9. The van der Waals surface area contributed by atoms with Crippen molar-refractivity contribution in [3.8, 4) is 11.1 Å². The van der Waals surface area contributed by atoms with Crippen molar-refractivity contribution in [2.75, 3.05) is 0 Å². The molecule has 0 aliphatic heterocycles. The fourth-order valence-corrected chi connectivity index (χ4v) is 65.0. The van der Waals surface area contributed by atoms with E-state index in [1.807, 2.05) is 0 Å². The molecule has 6 aliphatic rings. The predicted octanol–water partition coefficient (Wildman–Crippen LogP) is 18.9. The fraction of sp³-hybridized carbons (Fsp3) is 0.786. The summed E-state index contributed by atoms with van der Waals surface area (Å²) in [5.74, 6) is 0. The van der Waals surface area contributed by atoms with Crippen LogP contribution >= 0.6 is 0 Å². The van der Waals surface area contributed by atoms with E-state index in [2.05, 4.69) is 48.5 Å². The number of aryl methyl sites for hydroxylation is 2. The average molecular weight is 1000 g/mol. The minimum atomic E-state index is -2.35. The van der Waals surface area contributed by atoms with E-state index in [0.717, 1.165) is 0 Å². The Labute approximate surface area is 368 Å². The van der Waals surface area contributed by atoms with Gasteiger partial charge in [0.15, 0.2) is 0 Å². The van der Waals surface area contributed by atoms with Crippen LogP contribution in [0.15, 0.2) is 48.5 Å². The summed E-state index contributed by atoms with van der Waals surface area (Å²) in [5, 5.41) is 0. The van der Waals surface area contributed by atoms with Gasteiger partial charge in [-0.15, -0.1) is 0 Å². The zero-order valence-corrected chi connectivity index (χ0v) is 43.7. The van der Waals surface area contributed by atoms with Crippen molar-refractivity contribution < 1.29 is 0 Å². The summed E-state index contributed by atoms with van der Waals surface area (Å²) in [6.07, 6.45) is 56.4. The van der Waals surface area contributed by atoms with Crippen molar-refractivity contribution in [3.63, 3.8) is 0 Å². The van der Waals surface area contributed by atoms with Gasteiger partial charge in [0, 0.05) is 0 Å². The Bertz CT molecular complexity index is 1220. The number of benzene rings is 2. The Morgan fingerprint density at radius 2 is 0.500 bits per heavy atom. The molecule has 6 saturated carbocycles. The molecule has 0 saturated heterocycles. The molecule has 0 N–H and O–H groups in total. The molecule has 8 rings (SSSR count). The molecule has 0 amide bonds. The van der Waals surface area contributed by atoms with Crippen LogP contribution in [0.4, 0.5) is 0 Å². The van der Waals surface area contributed by atoms with E-state index < -0.39 is 36.8 Å². The van der Waals surface area contributed by atoms with Crippen LogP contribution in [0, 0.1) is 0 Å². The Morgan fingerprint density at radius 1 is 0.276 bits per heavy atom. The van der Waals surface area contributed by atoms with Gasteiger partial charge in [-0.1, -0.05) is 0 Å². The molecule has 2 heteroatoms. The number of hydrogen-bond acceptors (Lipinski definition) is 0. The van der Waals surface area contributed by atoms with Gasteiger partial charge in [-0.2, -0.15) is 0 Å². The van der Waals surface area contributed by atoms with Crippen LogP contribution in [0.2, 0.25) is 32.5 Å². The second-order valence-electron chi connectivity index (χ2n) is 22.0. The van der Waals surface area contributed by atoms with Crippen LogP contribution < -0.4 is 0 Å². The van der Waals surface area contributed by atoms with Crippen LogP contribution in [-0.4, -0.2) is 36.8 Å². The van der Waals surface area contributed by atoms with E-state index >= 15 is 0 Å². The first-order valence-electron chi connectivity index (χ1n) is 26.9. The van der Waals surface area contributed by atoms with Crippen molar-refractivity contribution in [3.05, 3.63) is 59.7 Å². The van der Waals surface area contributed by atoms with E-state index in [0.29, 0.717) is 0 Å². The zero-order valence-electron chi connectivity index (χ0n) is 38.0. The number of unbranched alkanes of at least 4 members (excludes halogenated alkanes) is 2. The third kappa shape index (κ3) is 11.0. The summed E-state index contributed by atoms with van der Waals surface area (Å²) in [5.41, 5.74) is 6.02. The summed E-state index contributed by atoms with van der Waals surface area (Å²) >= 11 is -4.70. The third-order valence-corrected chi connectivity index (χ3v) is 62.0. The molecule has 0 heterocycles. The average Bonchev–Trinajstić information content (AvgIpc) is 3.31. The molecule has 0 aromatic heterocycles. The van der Waals surface area contributed by atoms with Gasteiger partial charge in [-0.3, -0.25) is 0 Å². The van der Waals surface area contributed by atoms with E-state index in [-0.39, 0.29) is 0 Å². The van der Waals surface area contributed by atoms with Crippen LogP contribution in [0.1, 0.15) is 229 Å². The molecule has 6 fully saturated rings. The van der Waals surface area contributed by atoms with Crippen molar-refractivity contribution >= 4 is 36.8 Å². The van der Waals surface area contributed by atoms with E-state index in [1.54, 1.807) is 187 Å².